The highest BCUT2D eigenvalue weighted by Crippen LogP contribution is 2.31. The minimum atomic E-state index is -0.755. The van der Waals surface area contributed by atoms with E-state index in [-0.39, 0.29) is 5.75 Å². The maximum atomic E-state index is 10.2. The van der Waals surface area contributed by atoms with Crippen molar-refractivity contribution in [1.82, 2.24) is 0 Å². The molecule has 0 saturated heterocycles. The molecule has 0 radical (unpaired) electrons. The summed E-state index contributed by atoms with van der Waals surface area (Å²) in [5, 5.41) is 28.3. The van der Waals surface area contributed by atoms with Crippen molar-refractivity contribution in [1.29, 1.82) is 0 Å². The predicted octanol–water partition coefficient (Wildman–Crippen LogP) is 1.31. The van der Waals surface area contributed by atoms with E-state index in [4.69, 9.17) is 10.2 Å². The Bertz CT molecular complexity index is 334. The first-order valence-electron chi connectivity index (χ1n) is 3.19. The highest BCUT2D eigenvalue weighted by molar-refractivity contribution is 5.53. The zero-order valence-electron chi connectivity index (χ0n) is 6.31. The number of phenolic OH excluding ortho intramolecular Hbond substituents is 2. The zero-order valence-corrected chi connectivity index (χ0v) is 6.31. The summed E-state index contributed by atoms with van der Waals surface area (Å²) < 4.78 is 0. The van der Waals surface area contributed by atoms with Crippen LogP contribution in [0.5, 0.6) is 11.5 Å². The van der Waals surface area contributed by atoms with Crippen molar-refractivity contribution in [3.05, 3.63) is 27.8 Å². The number of nitro benzene ring substituents is 1. The largest absolute Gasteiger partial charge is 0.507 e. The molecule has 2 N–H and O–H groups in total. The van der Waals surface area contributed by atoms with E-state index < -0.39 is 16.4 Å². The fourth-order valence-corrected chi connectivity index (χ4v) is 0.816. The first-order valence-corrected chi connectivity index (χ1v) is 3.19. The van der Waals surface area contributed by atoms with Crippen LogP contribution in [-0.4, -0.2) is 15.1 Å². The number of aromatic hydroxyl groups is 2. The van der Waals surface area contributed by atoms with Crippen LogP contribution in [0.4, 0.5) is 5.69 Å². The molecule has 0 aliphatic carbocycles. The standard InChI is InChI=1S/C7H7NO4/c1-4-2-7(10)5(8(11)12)3-6(4)9/h2-3,9-10H,1H3. The monoisotopic (exact) mass is 169 g/mol. The summed E-state index contributed by atoms with van der Waals surface area (Å²) >= 11 is 0. The summed E-state index contributed by atoms with van der Waals surface area (Å²) in [6.45, 7) is 1.54. The maximum absolute atomic E-state index is 10.2. The molecule has 1 aromatic carbocycles. The smallest absolute Gasteiger partial charge is 0.314 e. The van der Waals surface area contributed by atoms with Gasteiger partial charge in [0.2, 0.25) is 0 Å². The second-order valence-corrected chi connectivity index (χ2v) is 2.38. The van der Waals surface area contributed by atoms with Gasteiger partial charge in [0.25, 0.3) is 0 Å². The number of aryl methyl sites for hydroxylation is 1. The molecule has 0 amide bonds. The van der Waals surface area contributed by atoms with Gasteiger partial charge in [-0.1, -0.05) is 0 Å². The molecule has 1 rings (SSSR count). The summed E-state index contributed by atoms with van der Waals surface area (Å²) in [6, 6.07) is 2.07. The van der Waals surface area contributed by atoms with Gasteiger partial charge in [-0.15, -0.1) is 0 Å². The Morgan fingerprint density at radius 2 is 1.92 bits per heavy atom. The molecular weight excluding hydrogens is 162 g/mol. The van der Waals surface area contributed by atoms with E-state index in [0.717, 1.165) is 12.1 Å². The van der Waals surface area contributed by atoms with Crippen LogP contribution in [0, 0.1) is 17.0 Å². The van der Waals surface area contributed by atoms with Gasteiger partial charge >= 0.3 is 5.69 Å². The Kier molecular flexibility index (Phi) is 1.86. The highest BCUT2D eigenvalue weighted by Gasteiger charge is 2.15. The highest BCUT2D eigenvalue weighted by atomic mass is 16.6. The maximum Gasteiger partial charge on any atom is 0.314 e. The van der Waals surface area contributed by atoms with E-state index in [1.165, 1.54) is 0 Å². The first kappa shape index (κ1) is 8.32. The number of phenols is 2. The molecule has 12 heavy (non-hydrogen) atoms. The fraction of sp³-hybridized carbons (Fsp3) is 0.143. The van der Waals surface area contributed by atoms with Crippen LogP contribution in [-0.2, 0) is 0 Å². The average molecular weight is 169 g/mol. The molecule has 5 nitrogen and oxygen atoms in total. The van der Waals surface area contributed by atoms with Crippen LogP contribution in [0.3, 0.4) is 0 Å². The average Bonchev–Trinajstić information content (AvgIpc) is 1.96. The van der Waals surface area contributed by atoms with E-state index >= 15 is 0 Å². The van der Waals surface area contributed by atoms with Crippen molar-refractivity contribution in [2.24, 2.45) is 0 Å². The molecule has 64 valence electrons. The van der Waals surface area contributed by atoms with Crippen LogP contribution < -0.4 is 0 Å². The lowest BCUT2D eigenvalue weighted by molar-refractivity contribution is -0.385. The molecule has 0 fully saturated rings. The van der Waals surface area contributed by atoms with E-state index in [0.29, 0.717) is 5.56 Å². The molecule has 0 saturated carbocycles. The van der Waals surface area contributed by atoms with Crippen LogP contribution in [0.15, 0.2) is 12.1 Å². The third kappa shape index (κ3) is 1.29. The molecule has 0 unspecified atom stereocenters. The Hall–Kier alpha value is -1.78. The van der Waals surface area contributed by atoms with Gasteiger partial charge in [0.05, 0.1) is 11.0 Å². The number of benzene rings is 1. The lowest BCUT2D eigenvalue weighted by atomic mass is 10.2. The van der Waals surface area contributed by atoms with Gasteiger partial charge in [0.15, 0.2) is 5.75 Å². The van der Waals surface area contributed by atoms with Gasteiger partial charge in [0, 0.05) is 0 Å². The van der Waals surface area contributed by atoms with E-state index in [2.05, 4.69) is 0 Å². The summed E-state index contributed by atoms with van der Waals surface area (Å²) in [5.41, 5.74) is -0.0869. The van der Waals surface area contributed by atoms with Crippen LogP contribution in [0.1, 0.15) is 5.56 Å². The molecule has 0 heterocycles. The van der Waals surface area contributed by atoms with Crippen molar-refractivity contribution in [3.8, 4) is 11.5 Å². The molecule has 0 spiro atoms. The lowest BCUT2D eigenvalue weighted by Gasteiger charge is -1.99. The van der Waals surface area contributed by atoms with E-state index in [9.17, 15) is 10.1 Å². The summed E-state index contributed by atoms with van der Waals surface area (Å²) in [7, 11) is 0. The number of hydrogen-bond acceptors (Lipinski definition) is 4. The molecular formula is C7H7NO4. The van der Waals surface area contributed by atoms with Gasteiger partial charge in [-0.2, -0.15) is 0 Å². The third-order valence-electron chi connectivity index (χ3n) is 1.49. The van der Waals surface area contributed by atoms with Gasteiger partial charge in [0.1, 0.15) is 5.75 Å². The number of rotatable bonds is 1. The van der Waals surface area contributed by atoms with Gasteiger partial charge in [-0.3, -0.25) is 10.1 Å². The zero-order chi connectivity index (χ0) is 9.30. The van der Waals surface area contributed by atoms with Crippen LogP contribution in [0.2, 0.25) is 0 Å². The Morgan fingerprint density at radius 3 is 2.42 bits per heavy atom. The van der Waals surface area contributed by atoms with Crippen molar-refractivity contribution in [3.63, 3.8) is 0 Å². The Morgan fingerprint density at radius 1 is 1.33 bits per heavy atom. The van der Waals surface area contributed by atoms with Gasteiger partial charge in [-0.25, -0.2) is 0 Å². The minimum Gasteiger partial charge on any atom is -0.507 e. The van der Waals surface area contributed by atoms with Crippen molar-refractivity contribution in [2.75, 3.05) is 0 Å². The number of nitrogens with zero attached hydrogens (tertiary/aromatic N) is 1. The van der Waals surface area contributed by atoms with Crippen molar-refractivity contribution >= 4 is 5.69 Å². The molecule has 0 aromatic heterocycles. The SMILES string of the molecule is Cc1cc(O)c([N+](=O)[O-])cc1O. The van der Waals surface area contributed by atoms with Crippen LogP contribution in [0.25, 0.3) is 0 Å². The lowest BCUT2D eigenvalue weighted by Crippen LogP contribution is -1.89. The first-order chi connectivity index (χ1) is 5.52. The Labute approximate surface area is 68.0 Å². The van der Waals surface area contributed by atoms with E-state index in [1.54, 1.807) is 6.92 Å². The van der Waals surface area contributed by atoms with Gasteiger partial charge in [-0.05, 0) is 18.6 Å². The molecule has 0 aliphatic rings. The van der Waals surface area contributed by atoms with Gasteiger partial charge < -0.3 is 10.2 Å². The van der Waals surface area contributed by atoms with Crippen molar-refractivity contribution < 1.29 is 15.1 Å². The number of hydrogen-bond donors (Lipinski definition) is 2. The third-order valence-corrected chi connectivity index (χ3v) is 1.49. The second-order valence-electron chi connectivity index (χ2n) is 2.38. The Balaban J connectivity index is 3.33. The van der Waals surface area contributed by atoms with Crippen molar-refractivity contribution in [2.45, 2.75) is 6.92 Å². The summed E-state index contributed by atoms with van der Waals surface area (Å²) in [5.74, 6) is -0.630. The predicted molar refractivity (Wildman–Crippen MR) is 41.2 cm³/mol. The normalized spacial score (nSPS) is 9.75. The molecule has 0 aliphatic heterocycles. The topological polar surface area (TPSA) is 83.6 Å². The molecule has 0 bridgehead atoms. The minimum absolute atomic E-state index is 0.195. The van der Waals surface area contributed by atoms with E-state index in [1.807, 2.05) is 0 Å². The fourth-order valence-electron chi connectivity index (χ4n) is 0.816. The summed E-state index contributed by atoms with van der Waals surface area (Å²) in [4.78, 5) is 9.46. The number of nitro groups is 1. The van der Waals surface area contributed by atoms with Crippen LogP contribution >= 0.6 is 0 Å². The molecule has 1 aromatic rings. The molecule has 5 heteroatoms. The molecule has 0 atom stereocenters. The summed E-state index contributed by atoms with van der Waals surface area (Å²) in [6.07, 6.45) is 0. The quantitative estimate of drug-likeness (QED) is 0.377. The second kappa shape index (κ2) is 2.69.